The van der Waals surface area contributed by atoms with E-state index in [2.05, 4.69) is 28.2 Å². The van der Waals surface area contributed by atoms with Gasteiger partial charge >= 0.3 is 0 Å². The summed E-state index contributed by atoms with van der Waals surface area (Å²) >= 11 is 3.39. The highest BCUT2D eigenvalue weighted by Gasteiger charge is 2.26. The molecule has 1 N–H and O–H groups in total. The molecule has 1 heterocycles. The van der Waals surface area contributed by atoms with Gasteiger partial charge in [0.05, 0.1) is 6.10 Å². The van der Waals surface area contributed by atoms with Gasteiger partial charge in [-0.15, -0.1) is 0 Å². The third kappa shape index (κ3) is 3.77. The maximum absolute atomic E-state index is 13.8. The zero-order chi connectivity index (χ0) is 13.8. The van der Waals surface area contributed by atoms with Gasteiger partial charge < -0.3 is 10.1 Å². The highest BCUT2D eigenvalue weighted by molar-refractivity contribution is 9.10. The van der Waals surface area contributed by atoms with Crippen molar-refractivity contribution in [3.05, 3.63) is 34.1 Å². The lowest BCUT2D eigenvalue weighted by Gasteiger charge is -2.21. The summed E-state index contributed by atoms with van der Waals surface area (Å²) in [7, 11) is 0. The van der Waals surface area contributed by atoms with E-state index in [0.29, 0.717) is 17.6 Å². The fourth-order valence-corrected chi connectivity index (χ4v) is 3.04. The van der Waals surface area contributed by atoms with E-state index in [1.807, 2.05) is 13.0 Å². The number of ether oxygens (including phenoxy) is 1. The molecule has 0 aliphatic carbocycles. The second-order valence-corrected chi connectivity index (χ2v) is 6.08. The number of hydrogen-bond acceptors (Lipinski definition) is 2. The topological polar surface area (TPSA) is 21.3 Å². The Morgan fingerprint density at radius 3 is 3.05 bits per heavy atom. The predicted molar refractivity (Wildman–Crippen MR) is 78.7 cm³/mol. The molecule has 19 heavy (non-hydrogen) atoms. The molecule has 3 atom stereocenters. The maximum Gasteiger partial charge on any atom is 0.128 e. The molecule has 1 saturated heterocycles. The van der Waals surface area contributed by atoms with Crippen LogP contribution in [0.4, 0.5) is 4.39 Å². The molecular weight excluding hydrogens is 309 g/mol. The molecule has 106 valence electrons. The van der Waals surface area contributed by atoms with Crippen LogP contribution in [0, 0.1) is 11.7 Å². The van der Waals surface area contributed by atoms with Crippen molar-refractivity contribution in [2.45, 2.75) is 38.8 Å². The molecule has 1 aliphatic heterocycles. The first-order chi connectivity index (χ1) is 9.11. The van der Waals surface area contributed by atoms with E-state index in [1.165, 1.54) is 6.07 Å². The second-order valence-electron chi connectivity index (χ2n) is 5.16. The van der Waals surface area contributed by atoms with Crippen LogP contribution >= 0.6 is 15.9 Å². The smallest absolute Gasteiger partial charge is 0.128 e. The van der Waals surface area contributed by atoms with Crippen LogP contribution in [0.15, 0.2) is 22.7 Å². The van der Waals surface area contributed by atoms with Crippen LogP contribution in [-0.4, -0.2) is 19.3 Å². The van der Waals surface area contributed by atoms with Gasteiger partial charge in [0.1, 0.15) is 5.82 Å². The van der Waals surface area contributed by atoms with E-state index in [0.717, 1.165) is 30.5 Å². The number of hydrogen-bond donors (Lipinski definition) is 1. The molecule has 0 saturated carbocycles. The van der Waals surface area contributed by atoms with Crippen molar-refractivity contribution in [3.63, 3.8) is 0 Å². The lowest BCUT2D eigenvalue weighted by molar-refractivity contribution is 0.0867. The number of halogens is 2. The van der Waals surface area contributed by atoms with Crippen molar-refractivity contribution in [2.24, 2.45) is 5.92 Å². The molecule has 0 amide bonds. The van der Waals surface area contributed by atoms with Crippen molar-refractivity contribution in [3.8, 4) is 0 Å². The number of rotatable bonds is 5. The minimum Gasteiger partial charge on any atom is -0.378 e. The fourth-order valence-electron chi connectivity index (χ4n) is 2.66. The second kappa shape index (κ2) is 6.82. The van der Waals surface area contributed by atoms with E-state index < -0.39 is 0 Å². The van der Waals surface area contributed by atoms with Gasteiger partial charge in [0.15, 0.2) is 0 Å². The Labute approximate surface area is 122 Å². The van der Waals surface area contributed by atoms with Gasteiger partial charge in [0.25, 0.3) is 0 Å². The summed E-state index contributed by atoms with van der Waals surface area (Å²) in [6.45, 7) is 5.89. The SMILES string of the molecule is CCC1OCCC1CNC(C)c1cc(Br)ccc1F. The zero-order valence-corrected chi connectivity index (χ0v) is 13.0. The quantitative estimate of drug-likeness (QED) is 0.879. The van der Waals surface area contributed by atoms with Crippen molar-refractivity contribution < 1.29 is 9.13 Å². The maximum atomic E-state index is 13.8. The summed E-state index contributed by atoms with van der Waals surface area (Å²) in [6, 6.07) is 5.08. The van der Waals surface area contributed by atoms with Crippen LogP contribution in [-0.2, 0) is 4.74 Å². The van der Waals surface area contributed by atoms with E-state index in [1.54, 1.807) is 6.07 Å². The van der Waals surface area contributed by atoms with Crippen LogP contribution in [0.1, 0.15) is 38.3 Å². The highest BCUT2D eigenvalue weighted by atomic mass is 79.9. The normalized spacial score (nSPS) is 24.6. The van der Waals surface area contributed by atoms with Crippen molar-refractivity contribution in [1.82, 2.24) is 5.32 Å². The fraction of sp³-hybridized carbons (Fsp3) is 0.600. The van der Waals surface area contributed by atoms with Gasteiger partial charge in [0, 0.05) is 29.2 Å². The average molecular weight is 330 g/mol. The lowest BCUT2D eigenvalue weighted by atomic mass is 9.98. The third-order valence-corrected chi connectivity index (χ3v) is 4.35. The van der Waals surface area contributed by atoms with Crippen LogP contribution in [0.5, 0.6) is 0 Å². The van der Waals surface area contributed by atoms with E-state index in [4.69, 9.17) is 4.74 Å². The van der Waals surface area contributed by atoms with Gasteiger partial charge in [-0.25, -0.2) is 4.39 Å². The molecule has 4 heteroatoms. The molecule has 2 rings (SSSR count). The van der Waals surface area contributed by atoms with Gasteiger partial charge in [-0.1, -0.05) is 22.9 Å². The standard InChI is InChI=1S/C15H21BrFNO/c1-3-15-11(6-7-19-15)9-18-10(2)13-8-12(16)4-5-14(13)17/h4-5,8,10-11,15,18H,3,6-7,9H2,1-2H3. The summed E-state index contributed by atoms with van der Waals surface area (Å²) in [4.78, 5) is 0. The monoisotopic (exact) mass is 329 g/mol. The lowest BCUT2D eigenvalue weighted by Crippen LogP contribution is -2.30. The number of nitrogens with one attached hydrogen (secondary N) is 1. The van der Waals surface area contributed by atoms with Gasteiger partial charge in [-0.3, -0.25) is 0 Å². The van der Waals surface area contributed by atoms with Crippen molar-refractivity contribution in [2.75, 3.05) is 13.2 Å². The molecule has 0 spiro atoms. The molecule has 3 unspecified atom stereocenters. The largest absolute Gasteiger partial charge is 0.378 e. The first-order valence-electron chi connectivity index (χ1n) is 6.91. The predicted octanol–water partition coefficient (Wildman–Crippen LogP) is 4.05. The van der Waals surface area contributed by atoms with E-state index >= 15 is 0 Å². The first-order valence-corrected chi connectivity index (χ1v) is 7.71. The Bertz CT molecular complexity index is 427. The molecule has 1 aromatic rings. The van der Waals surface area contributed by atoms with E-state index in [9.17, 15) is 4.39 Å². The molecule has 0 radical (unpaired) electrons. The number of benzene rings is 1. The summed E-state index contributed by atoms with van der Waals surface area (Å²) < 4.78 is 20.4. The molecule has 0 aromatic heterocycles. The summed E-state index contributed by atoms with van der Waals surface area (Å²) in [5, 5.41) is 3.43. The van der Waals surface area contributed by atoms with Crippen LogP contribution in [0.3, 0.4) is 0 Å². The van der Waals surface area contributed by atoms with Crippen LogP contribution in [0.25, 0.3) is 0 Å². The summed E-state index contributed by atoms with van der Waals surface area (Å²) in [5.74, 6) is 0.389. The molecule has 1 aromatic carbocycles. The van der Waals surface area contributed by atoms with Crippen LogP contribution in [0.2, 0.25) is 0 Å². The molecule has 1 aliphatic rings. The van der Waals surface area contributed by atoms with Gasteiger partial charge in [0.2, 0.25) is 0 Å². The Balaban J connectivity index is 1.93. The average Bonchev–Trinajstić information content (AvgIpc) is 2.86. The Morgan fingerprint density at radius 2 is 2.32 bits per heavy atom. The van der Waals surface area contributed by atoms with Crippen molar-refractivity contribution >= 4 is 15.9 Å². The van der Waals surface area contributed by atoms with E-state index in [-0.39, 0.29) is 11.9 Å². The Hall–Kier alpha value is -0.450. The third-order valence-electron chi connectivity index (χ3n) is 3.86. The first kappa shape index (κ1) is 14.9. The van der Waals surface area contributed by atoms with Crippen molar-refractivity contribution in [1.29, 1.82) is 0 Å². The van der Waals surface area contributed by atoms with Crippen LogP contribution < -0.4 is 5.32 Å². The highest BCUT2D eigenvalue weighted by Crippen LogP contribution is 2.25. The Morgan fingerprint density at radius 1 is 1.53 bits per heavy atom. The summed E-state index contributed by atoms with van der Waals surface area (Å²) in [5.41, 5.74) is 0.710. The zero-order valence-electron chi connectivity index (χ0n) is 11.5. The van der Waals surface area contributed by atoms with Gasteiger partial charge in [-0.05, 0) is 43.9 Å². The Kier molecular flexibility index (Phi) is 5.37. The molecule has 2 nitrogen and oxygen atoms in total. The molecule has 0 bridgehead atoms. The van der Waals surface area contributed by atoms with Gasteiger partial charge in [-0.2, -0.15) is 0 Å². The minimum atomic E-state index is -0.155. The summed E-state index contributed by atoms with van der Waals surface area (Å²) in [6.07, 6.45) is 2.50. The minimum absolute atomic E-state index is 0.00982. The molecule has 1 fully saturated rings. The molecular formula is C15H21BrFNO.